The van der Waals surface area contributed by atoms with Gasteiger partial charge in [0.15, 0.2) is 0 Å². The molecule has 7 heteroatoms. The van der Waals surface area contributed by atoms with Crippen LogP contribution in [0.3, 0.4) is 0 Å². The van der Waals surface area contributed by atoms with Crippen LogP contribution < -0.4 is 4.74 Å². The van der Waals surface area contributed by atoms with E-state index >= 15 is 0 Å². The van der Waals surface area contributed by atoms with Crippen molar-refractivity contribution in [2.75, 3.05) is 13.1 Å². The van der Waals surface area contributed by atoms with Gasteiger partial charge in [0.05, 0.1) is 11.8 Å². The van der Waals surface area contributed by atoms with E-state index in [2.05, 4.69) is 9.97 Å². The zero-order valence-electron chi connectivity index (χ0n) is 13.2. The third-order valence-corrected chi connectivity index (χ3v) is 6.80. The molecule has 4 rings (SSSR count). The van der Waals surface area contributed by atoms with Crippen molar-refractivity contribution in [1.29, 1.82) is 0 Å². The molecule has 126 valence electrons. The topological polar surface area (TPSA) is 72.4 Å². The van der Waals surface area contributed by atoms with Crippen molar-refractivity contribution in [2.45, 2.75) is 30.6 Å². The molecule has 2 aromatic rings. The van der Waals surface area contributed by atoms with E-state index in [0.29, 0.717) is 25.3 Å². The summed E-state index contributed by atoms with van der Waals surface area (Å²) in [6, 6.07) is 7.47. The summed E-state index contributed by atoms with van der Waals surface area (Å²) in [5, 5.41) is -0.165. The third kappa shape index (κ3) is 3.01. The third-order valence-electron chi connectivity index (χ3n) is 4.43. The molecule has 1 saturated heterocycles. The molecule has 1 atom stereocenters. The van der Waals surface area contributed by atoms with Gasteiger partial charge < -0.3 is 4.74 Å². The number of aromatic nitrogens is 2. The van der Waals surface area contributed by atoms with Gasteiger partial charge in [-0.1, -0.05) is 0 Å². The van der Waals surface area contributed by atoms with Gasteiger partial charge in [0.2, 0.25) is 10.0 Å². The largest absolute Gasteiger partial charge is 0.487 e. The molecule has 0 aromatic carbocycles. The van der Waals surface area contributed by atoms with E-state index in [0.717, 1.165) is 24.1 Å². The summed E-state index contributed by atoms with van der Waals surface area (Å²) in [7, 11) is -3.12. The molecule has 2 aliphatic rings. The van der Waals surface area contributed by atoms with Gasteiger partial charge in [-0.15, -0.1) is 0 Å². The Labute approximate surface area is 141 Å². The Morgan fingerprint density at radius 1 is 1.08 bits per heavy atom. The molecule has 1 aliphatic carbocycles. The Hall–Kier alpha value is -1.99. The smallest absolute Gasteiger partial charge is 0.217 e. The van der Waals surface area contributed by atoms with Crippen molar-refractivity contribution in [3.8, 4) is 17.0 Å². The van der Waals surface area contributed by atoms with Crippen LogP contribution in [0, 0.1) is 0 Å². The molecular weight excluding hydrogens is 326 g/mol. The molecule has 6 nitrogen and oxygen atoms in total. The van der Waals surface area contributed by atoms with Crippen LogP contribution in [0.5, 0.6) is 5.75 Å². The SMILES string of the molecule is O=S(=O)(C1CC1)N1CCC(Oc2cccnc2-c2ccncc2)C1. The van der Waals surface area contributed by atoms with Gasteiger partial charge in [0.1, 0.15) is 17.5 Å². The van der Waals surface area contributed by atoms with Gasteiger partial charge in [-0.2, -0.15) is 4.31 Å². The predicted octanol–water partition coefficient (Wildman–Crippen LogP) is 2.09. The fourth-order valence-corrected chi connectivity index (χ4v) is 4.88. The number of hydrogen-bond acceptors (Lipinski definition) is 5. The molecular formula is C17H19N3O3S. The minimum absolute atomic E-state index is 0.136. The highest BCUT2D eigenvalue weighted by Gasteiger charge is 2.43. The number of nitrogens with zero attached hydrogens (tertiary/aromatic N) is 3. The van der Waals surface area contributed by atoms with E-state index in [1.807, 2.05) is 24.3 Å². The van der Waals surface area contributed by atoms with Crippen LogP contribution in [-0.4, -0.2) is 47.1 Å². The van der Waals surface area contributed by atoms with E-state index in [9.17, 15) is 8.42 Å². The van der Waals surface area contributed by atoms with E-state index in [-0.39, 0.29) is 11.4 Å². The van der Waals surface area contributed by atoms with E-state index in [1.165, 1.54) is 0 Å². The summed E-state index contributed by atoms with van der Waals surface area (Å²) in [4.78, 5) is 8.43. The Bertz CT molecular complexity index is 822. The molecule has 2 fully saturated rings. The van der Waals surface area contributed by atoms with Crippen LogP contribution in [-0.2, 0) is 10.0 Å². The molecule has 0 N–H and O–H groups in total. The maximum atomic E-state index is 12.3. The zero-order valence-corrected chi connectivity index (χ0v) is 14.0. The molecule has 0 amide bonds. The van der Waals surface area contributed by atoms with Crippen molar-refractivity contribution < 1.29 is 13.2 Å². The standard InChI is InChI=1S/C17H19N3O3S/c21-24(22,15-3-4-15)20-11-7-14(12-20)23-16-2-1-8-19-17(16)13-5-9-18-10-6-13/h1-2,5-6,8-10,14-15H,3-4,7,11-12H2. The minimum atomic E-state index is -3.12. The van der Waals surface area contributed by atoms with Crippen molar-refractivity contribution in [2.24, 2.45) is 0 Å². The zero-order chi connectivity index (χ0) is 16.6. The second kappa shape index (κ2) is 6.14. The van der Waals surface area contributed by atoms with Crippen molar-refractivity contribution in [3.63, 3.8) is 0 Å². The number of ether oxygens (including phenoxy) is 1. The monoisotopic (exact) mass is 345 g/mol. The Morgan fingerprint density at radius 2 is 1.88 bits per heavy atom. The molecule has 0 radical (unpaired) electrons. The maximum Gasteiger partial charge on any atom is 0.217 e. The lowest BCUT2D eigenvalue weighted by Gasteiger charge is -2.18. The molecule has 0 spiro atoms. The van der Waals surface area contributed by atoms with Crippen LogP contribution in [0.15, 0.2) is 42.9 Å². The summed E-state index contributed by atoms with van der Waals surface area (Å²) in [5.74, 6) is 0.680. The van der Waals surface area contributed by atoms with Gasteiger partial charge >= 0.3 is 0 Å². The molecule has 0 bridgehead atoms. The molecule has 1 saturated carbocycles. The van der Waals surface area contributed by atoms with E-state index < -0.39 is 10.0 Å². The summed E-state index contributed by atoms with van der Waals surface area (Å²) in [6.45, 7) is 0.956. The van der Waals surface area contributed by atoms with Gasteiger partial charge in [-0.25, -0.2) is 8.42 Å². The summed E-state index contributed by atoms with van der Waals surface area (Å²) < 4.78 is 32.3. The van der Waals surface area contributed by atoms with E-state index in [1.54, 1.807) is 22.9 Å². The van der Waals surface area contributed by atoms with Crippen molar-refractivity contribution in [1.82, 2.24) is 14.3 Å². The highest BCUT2D eigenvalue weighted by atomic mass is 32.2. The fourth-order valence-electron chi connectivity index (χ4n) is 2.99. The van der Waals surface area contributed by atoms with Gasteiger partial charge in [0, 0.05) is 30.7 Å². The average Bonchev–Trinajstić information content (AvgIpc) is 3.37. The average molecular weight is 345 g/mol. The quantitative estimate of drug-likeness (QED) is 0.830. The highest BCUT2D eigenvalue weighted by Crippen LogP contribution is 2.34. The number of sulfonamides is 1. The van der Waals surface area contributed by atoms with Crippen molar-refractivity contribution in [3.05, 3.63) is 42.9 Å². The first-order chi connectivity index (χ1) is 11.6. The highest BCUT2D eigenvalue weighted by molar-refractivity contribution is 7.90. The lowest BCUT2D eigenvalue weighted by Crippen LogP contribution is -2.33. The predicted molar refractivity (Wildman–Crippen MR) is 90.0 cm³/mol. The van der Waals surface area contributed by atoms with Crippen LogP contribution in [0.2, 0.25) is 0 Å². The summed E-state index contributed by atoms with van der Waals surface area (Å²) in [6.07, 6.45) is 7.31. The Kier molecular flexibility index (Phi) is 3.97. The number of rotatable bonds is 5. The van der Waals surface area contributed by atoms with Crippen molar-refractivity contribution >= 4 is 10.0 Å². The van der Waals surface area contributed by atoms with Crippen LogP contribution >= 0.6 is 0 Å². The maximum absolute atomic E-state index is 12.3. The lowest BCUT2D eigenvalue weighted by molar-refractivity contribution is 0.216. The summed E-state index contributed by atoms with van der Waals surface area (Å²) in [5.41, 5.74) is 1.68. The number of hydrogen-bond donors (Lipinski definition) is 0. The minimum Gasteiger partial charge on any atom is -0.487 e. The normalized spacial score (nSPS) is 21.8. The first-order valence-electron chi connectivity index (χ1n) is 8.15. The first-order valence-corrected chi connectivity index (χ1v) is 9.66. The number of pyridine rings is 2. The van der Waals surface area contributed by atoms with Crippen LogP contribution in [0.25, 0.3) is 11.3 Å². The lowest BCUT2D eigenvalue weighted by atomic mass is 10.1. The second-order valence-corrected chi connectivity index (χ2v) is 8.43. The molecule has 2 aromatic heterocycles. The van der Waals surface area contributed by atoms with Gasteiger partial charge in [-0.3, -0.25) is 9.97 Å². The second-order valence-electron chi connectivity index (χ2n) is 6.22. The van der Waals surface area contributed by atoms with Crippen LogP contribution in [0.4, 0.5) is 0 Å². The van der Waals surface area contributed by atoms with Gasteiger partial charge in [-0.05, 0) is 43.5 Å². The Balaban J connectivity index is 1.51. The molecule has 24 heavy (non-hydrogen) atoms. The van der Waals surface area contributed by atoms with Crippen LogP contribution in [0.1, 0.15) is 19.3 Å². The summed E-state index contributed by atoms with van der Waals surface area (Å²) >= 11 is 0. The Morgan fingerprint density at radius 3 is 2.62 bits per heavy atom. The first kappa shape index (κ1) is 15.5. The molecule has 1 unspecified atom stereocenters. The fraction of sp³-hybridized carbons (Fsp3) is 0.412. The van der Waals surface area contributed by atoms with E-state index in [4.69, 9.17) is 4.74 Å². The molecule has 3 heterocycles. The molecule has 1 aliphatic heterocycles. The van der Waals surface area contributed by atoms with Gasteiger partial charge in [0.25, 0.3) is 0 Å².